The van der Waals surface area contributed by atoms with Gasteiger partial charge in [0.1, 0.15) is 10.8 Å². The van der Waals surface area contributed by atoms with Crippen molar-refractivity contribution < 1.29 is 14.4 Å². The monoisotopic (exact) mass is 489 g/mol. The van der Waals surface area contributed by atoms with Gasteiger partial charge in [0.15, 0.2) is 11.3 Å². The molecule has 2 aromatic carbocycles. The summed E-state index contributed by atoms with van der Waals surface area (Å²) in [6, 6.07) is 17.0. The number of nitrogens with zero attached hydrogens (tertiary/aromatic N) is 1. The highest BCUT2D eigenvalue weighted by Gasteiger charge is 2.54. The molecule has 2 unspecified atom stereocenters. The molecule has 2 aliphatic heterocycles. The van der Waals surface area contributed by atoms with Crippen LogP contribution in [-0.4, -0.2) is 48.7 Å². The molecule has 2 atom stereocenters. The molecular weight excluding hydrogens is 462 g/mol. The summed E-state index contributed by atoms with van der Waals surface area (Å²) in [5.74, 6) is -0.545. The highest BCUT2D eigenvalue weighted by molar-refractivity contribution is 7.23. The molecule has 1 saturated heterocycles. The van der Waals surface area contributed by atoms with Crippen LogP contribution in [0, 0.1) is 5.92 Å². The standard InChI is InChI=1S/C26H27N5O3S/c1-2-28-25(34)30-23-21(17-10-6-7-11-19(17)35-23)22(32)18-15-27-13-12-26(18)24(33)29-20(31-26)14-16-8-4-3-5-9-16/h3-11,18,27H,2,12-15H2,1H3,(H2,28,30,34)(H,29,31,33). The number of urea groups is 1. The number of thiophene rings is 1. The van der Waals surface area contributed by atoms with Crippen LogP contribution in [0.1, 0.15) is 29.3 Å². The van der Waals surface area contributed by atoms with Crippen molar-refractivity contribution in [1.82, 2.24) is 16.0 Å². The molecule has 1 aromatic heterocycles. The molecule has 0 bridgehead atoms. The third kappa shape index (κ3) is 4.33. The molecule has 4 N–H and O–H groups in total. The number of carbonyl (C=O) groups is 3. The lowest BCUT2D eigenvalue weighted by Gasteiger charge is -2.36. The molecule has 180 valence electrons. The molecule has 0 aliphatic carbocycles. The van der Waals surface area contributed by atoms with Crippen molar-refractivity contribution in [2.45, 2.75) is 25.3 Å². The second-order valence-corrected chi connectivity index (χ2v) is 9.81. The number of carbonyl (C=O) groups excluding carboxylic acids is 3. The largest absolute Gasteiger partial charge is 0.338 e. The zero-order valence-electron chi connectivity index (χ0n) is 19.4. The summed E-state index contributed by atoms with van der Waals surface area (Å²) in [7, 11) is 0. The fourth-order valence-corrected chi connectivity index (χ4v) is 5.98. The predicted molar refractivity (Wildman–Crippen MR) is 138 cm³/mol. The van der Waals surface area contributed by atoms with Crippen molar-refractivity contribution in [2.75, 3.05) is 25.0 Å². The quantitative estimate of drug-likeness (QED) is 0.398. The lowest BCUT2D eigenvalue weighted by atomic mass is 9.74. The molecule has 0 saturated carbocycles. The number of hydrogen-bond acceptors (Lipinski definition) is 6. The SMILES string of the molecule is CCNC(=O)Nc1sc2ccccc2c1C(=O)C1CNCCC12N=C(Cc1ccccc1)NC2=O. The average Bonchev–Trinajstić information content (AvgIpc) is 3.36. The van der Waals surface area contributed by atoms with Gasteiger partial charge in [0.25, 0.3) is 5.91 Å². The Bertz CT molecular complexity index is 1320. The number of amides is 3. The van der Waals surface area contributed by atoms with Crippen LogP contribution in [0.25, 0.3) is 10.1 Å². The maximum atomic E-state index is 14.2. The third-order valence-corrected chi connectivity index (χ3v) is 7.62. The number of anilines is 1. The number of piperidine rings is 1. The maximum Gasteiger partial charge on any atom is 0.319 e. The van der Waals surface area contributed by atoms with Crippen LogP contribution in [0.5, 0.6) is 0 Å². The summed E-state index contributed by atoms with van der Waals surface area (Å²) >= 11 is 1.35. The Kier molecular flexibility index (Phi) is 6.36. The van der Waals surface area contributed by atoms with Crippen molar-refractivity contribution >= 4 is 50.0 Å². The molecule has 8 nitrogen and oxygen atoms in total. The van der Waals surface area contributed by atoms with E-state index in [0.29, 0.717) is 48.9 Å². The Balaban J connectivity index is 1.53. The second kappa shape index (κ2) is 9.59. The number of nitrogens with one attached hydrogen (secondary N) is 4. The molecular formula is C26H27N5O3S. The molecule has 5 rings (SSSR count). The summed E-state index contributed by atoms with van der Waals surface area (Å²) in [6.07, 6.45) is 0.919. The Morgan fingerprint density at radius 3 is 2.71 bits per heavy atom. The Hall–Kier alpha value is -3.56. The summed E-state index contributed by atoms with van der Waals surface area (Å²) in [4.78, 5) is 44.7. The predicted octanol–water partition coefficient (Wildman–Crippen LogP) is 3.34. The van der Waals surface area contributed by atoms with Crippen molar-refractivity contribution in [3.63, 3.8) is 0 Å². The number of ketones is 1. The number of benzene rings is 2. The lowest BCUT2D eigenvalue weighted by Crippen LogP contribution is -2.57. The van der Waals surface area contributed by atoms with Gasteiger partial charge in [0.05, 0.1) is 11.5 Å². The minimum atomic E-state index is -1.17. The molecule has 2 aliphatic rings. The van der Waals surface area contributed by atoms with Crippen molar-refractivity contribution in [3.05, 3.63) is 65.7 Å². The van der Waals surface area contributed by atoms with Crippen LogP contribution in [0.15, 0.2) is 59.6 Å². The van der Waals surface area contributed by atoms with Crippen LogP contribution in [0.4, 0.5) is 9.80 Å². The molecule has 9 heteroatoms. The van der Waals surface area contributed by atoms with Crippen LogP contribution in [0.3, 0.4) is 0 Å². The van der Waals surface area contributed by atoms with Gasteiger partial charge in [-0.05, 0) is 31.5 Å². The van der Waals surface area contributed by atoms with Crippen LogP contribution in [-0.2, 0) is 11.2 Å². The van der Waals surface area contributed by atoms with Crippen molar-refractivity contribution in [1.29, 1.82) is 0 Å². The molecule has 1 fully saturated rings. The normalized spacial score (nSPS) is 21.6. The van der Waals surface area contributed by atoms with E-state index >= 15 is 0 Å². The van der Waals surface area contributed by atoms with Gasteiger partial charge in [-0.2, -0.15) is 0 Å². The van der Waals surface area contributed by atoms with E-state index in [0.717, 1.165) is 15.6 Å². The van der Waals surface area contributed by atoms with Crippen LogP contribution < -0.4 is 21.3 Å². The smallest absolute Gasteiger partial charge is 0.319 e. The van der Waals surface area contributed by atoms with Crippen molar-refractivity contribution in [2.24, 2.45) is 10.9 Å². The molecule has 3 amide bonds. The number of aliphatic imine (C=N–C) groups is 1. The summed E-state index contributed by atoms with van der Waals surface area (Å²) in [5, 5.41) is 13.0. The van der Waals surface area contributed by atoms with Gasteiger partial charge in [-0.25, -0.2) is 4.79 Å². The van der Waals surface area contributed by atoms with Gasteiger partial charge in [-0.3, -0.25) is 19.9 Å². The highest BCUT2D eigenvalue weighted by atomic mass is 32.1. The molecule has 0 radical (unpaired) electrons. The van der Waals surface area contributed by atoms with E-state index in [1.54, 1.807) is 0 Å². The Morgan fingerprint density at radius 1 is 1.14 bits per heavy atom. The lowest BCUT2D eigenvalue weighted by molar-refractivity contribution is -0.125. The average molecular weight is 490 g/mol. The summed E-state index contributed by atoms with van der Waals surface area (Å²) < 4.78 is 0.893. The van der Waals surface area contributed by atoms with E-state index in [9.17, 15) is 14.4 Å². The number of fused-ring (bicyclic) bond motifs is 1. The topological polar surface area (TPSA) is 112 Å². The summed E-state index contributed by atoms with van der Waals surface area (Å²) in [6.45, 7) is 3.22. The maximum absolute atomic E-state index is 14.2. The first-order valence-corrected chi connectivity index (χ1v) is 12.6. The molecule has 1 spiro atoms. The minimum absolute atomic E-state index is 0.193. The number of rotatable bonds is 6. The Labute approximate surface area is 207 Å². The zero-order chi connectivity index (χ0) is 24.4. The van der Waals surface area contributed by atoms with Crippen LogP contribution >= 0.6 is 11.3 Å². The number of Topliss-reactive ketones (excluding diaryl/α,β-unsaturated/α-hetero) is 1. The van der Waals surface area contributed by atoms with E-state index < -0.39 is 11.5 Å². The zero-order valence-corrected chi connectivity index (χ0v) is 20.2. The first kappa shape index (κ1) is 23.2. The highest BCUT2D eigenvalue weighted by Crippen LogP contribution is 2.41. The molecule has 3 heterocycles. The van der Waals surface area contributed by atoms with Gasteiger partial charge in [0.2, 0.25) is 0 Å². The van der Waals surface area contributed by atoms with E-state index in [1.165, 1.54) is 11.3 Å². The summed E-state index contributed by atoms with van der Waals surface area (Å²) in [5.41, 5.74) is 0.306. The van der Waals surface area contributed by atoms with E-state index in [4.69, 9.17) is 4.99 Å². The van der Waals surface area contributed by atoms with Crippen molar-refractivity contribution in [3.8, 4) is 0 Å². The van der Waals surface area contributed by atoms with Gasteiger partial charge < -0.3 is 16.0 Å². The second-order valence-electron chi connectivity index (χ2n) is 8.76. The number of hydrogen-bond donors (Lipinski definition) is 4. The van der Waals surface area contributed by atoms with E-state index in [2.05, 4.69) is 21.3 Å². The number of amidine groups is 1. The van der Waals surface area contributed by atoms with E-state index in [-0.39, 0.29) is 17.7 Å². The van der Waals surface area contributed by atoms with Gasteiger partial charge >= 0.3 is 6.03 Å². The minimum Gasteiger partial charge on any atom is -0.338 e. The first-order valence-electron chi connectivity index (χ1n) is 11.8. The fraction of sp³-hybridized carbons (Fsp3) is 0.308. The molecule has 35 heavy (non-hydrogen) atoms. The first-order chi connectivity index (χ1) is 17.0. The molecule has 3 aromatic rings. The van der Waals surface area contributed by atoms with Gasteiger partial charge in [0, 0.05) is 29.6 Å². The van der Waals surface area contributed by atoms with Gasteiger partial charge in [-0.15, -0.1) is 11.3 Å². The van der Waals surface area contributed by atoms with Gasteiger partial charge in [-0.1, -0.05) is 48.5 Å². The van der Waals surface area contributed by atoms with Crippen LogP contribution in [0.2, 0.25) is 0 Å². The fourth-order valence-electron chi connectivity index (χ4n) is 4.88. The Morgan fingerprint density at radius 2 is 1.91 bits per heavy atom. The third-order valence-electron chi connectivity index (χ3n) is 6.53. The van der Waals surface area contributed by atoms with E-state index in [1.807, 2.05) is 61.5 Å².